The first-order valence-electron chi connectivity index (χ1n) is 12.4. The molecule has 7 atom stereocenters. The van der Waals surface area contributed by atoms with E-state index in [4.69, 9.17) is 14.2 Å². The van der Waals surface area contributed by atoms with E-state index in [-0.39, 0.29) is 23.9 Å². The van der Waals surface area contributed by atoms with Gasteiger partial charge in [0.05, 0.1) is 17.1 Å². The van der Waals surface area contributed by atoms with Gasteiger partial charge >= 0.3 is 5.97 Å². The summed E-state index contributed by atoms with van der Waals surface area (Å²) in [7, 11) is 3.95. The van der Waals surface area contributed by atoms with E-state index < -0.39 is 34.7 Å². The monoisotopic (exact) mass is 474 g/mol. The molecule has 1 aromatic carbocycles. The number of benzene rings is 1. The van der Waals surface area contributed by atoms with Crippen molar-refractivity contribution in [2.24, 2.45) is 0 Å². The van der Waals surface area contributed by atoms with E-state index in [2.05, 4.69) is 17.3 Å². The number of aliphatic hydroxyl groups is 1. The van der Waals surface area contributed by atoms with Gasteiger partial charge in [0.2, 0.25) is 0 Å². The highest BCUT2D eigenvalue weighted by atomic mass is 16.6. The summed E-state index contributed by atoms with van der Waals surface area (Å²) in [6, 6.07) is 2.82. The number of hydrogen-bond acceptors (Lipinski definition) is 8. The molecule has 1 aromatic rings. The van der Waals surface area contributed by atoms with Crippen LogP contribution in [-0.2, 0) is 26.1 Å². The molecular weight excluding hydrogens is 436 g/mol. The Bertz CT molecular complexity index is 990. The Balaban J connectivity index is 1.57. The van der Waals surface area contributed by atoms with Crippen molar-refractivity contribution in [1.82, 2.24) is 10.2 Å². The molecule has 5 rings (SSSR count). The van der Waals surface area contributed by atoms with Gasteiger partial charge in [0.25, 0.3) is 0 Å². The van der Waals surface area contributed by atoms with Crippen LogP contribution in [0.15, 0.2) is 12.1 Å². The van der Waals surface area contributed by atoms with Crippen molar-refractivity contribution >= 4 is 5.97 Å². The van der Waals surface area contributed by atoms with Crippen molar-refractivity contribution in [2.75, 3.05) is 20.7 Å². The first-order valence-corrected chi connectivity index (χ1v) is 12.4. The second-order valence-corrected chi connectivity index (χ2v) is 11.6. The normalized spacial score (nSPS) is 35.8. The van der Waals surface area contributed by atoms with Gasteiger partial charge in [-0.2, -0.15) is 0 Å². The predicted molar refractivity (Wildman–Crippen MR) is 126 cm³/mol. The summed E-state index contributed by atoms with van der Waals surface area (Å²) >= 11 is 0. The average Bonchev–Trinajstić information content (AvgIpc) is 3.11. The molecule has 2 bridgehead atoms. The van der Waals surface area contributed by atoms with Crippen LogP contribution in [0.3, 0.4) is 0 Å². The number of aromatic hydroxyl groups is 1. The second kappa shape index (κ2) is 7.82. The summed E-state index contributed by atoms with van der Waals surface area (Å²) in [5.41, 5.74) is 0.697. The molecule has 0 unspecified atom stereocenters. The Kier molecular flexibility index (Phi) is 5.48. The van der Waals surface area contributed by atoms with Crippen LogP contribution in [0.5, 0.6) is 11.5 Å². The third-order valence-electron chi connectivity index (χ3n) is 8.59. The van der Waals surface area contributed by atoms with E-state index in [1.165, 1.54) is 5.56 Å². The molecule has 34 heavy (non-hydrogen) atoms. The molecule has 2 fully saturated rings. The van der Waals surface area contributed by atoms with E-state index in [0.717, 1.165) is 31.4 Å². The van der Waals surface area contributed by atoms with Crippen molar-refractivity contribution in [1.29, 1.82) is 0 Å². The highest BCUT2D eigenvalue weighted by Crippen LogP contribution is 2.66. The topological polar surface area (TPSA) is 100 Å². The van der Waals surface area contributed by atoms with Gasteiger partial charge < -0.3 is 29.3 Å². The van der Waals surface area contributed by atoms with Crippen LogP contribution in [0.4, 0.5) is 0 Å². The first kappa shape index (κ1) is 23.9. The number of likely N-dealkylation sites (N-methyl/N-ethyl adjacent to an activating group) is 1. The summed E-state index contributed by atoms with van der Waals surface area (Å²) in [4.78, 5) is 15.4. The SMILES string of the molecule is CO[C@@]12CC[C@H](N[C@H](C(=O)OC(C)(C)C)[C@@H](C)O)[C@@H]3Oc4c(O)ccc5c4[C@@]31CCN(C)[C@@H]2C5. The van der Waals surface area contributed by atoms with Crippen LogP contribution in [0, 0.1) is 0 Å². The van der Waals surface area contributed by atoms with E-state index >= 15 is 0 Å². The molecule has 1 spiro atoms. The van der Waals surface area contributed by atoms with E-state index in [0.29, 0.717) is 12.2 Å². The summed E-state index contributed by atoms with van der Waals surface area (Å²) < 4.78 is 18.7. The van der Waals surface area contributed by atoms with Crippen molar-refractivity contribution in [2.45, 2.75) is 100 Å². The first-order chi connectivity index (χ1) is 15.9. The van der Waals surface area contributed by atoms with Gasteiger partial charge in [-0.25, -0.2) is 0 Å². The number of rotatable bonds is 5. The third-order valence-corrected chi connectivity index (χ3v) is 8.59. The van der Waals surface area contributed by atoms with Crippen molar-refractivity contribution in [3.63, 3.8) is 0 Å². The molecule has 2 heterocycles. The van der Waals surface area contributed by atoms with Crippen molar-refractivity contribution < 1.29 is 29.2 Å². The zero-order valence-electron chi connectivity index (χ0n) is 21.1. The predicted octanol–water partition coefficient (Wildman–Crippen LogP) is 1.88. The van der Waals surface area contributed by atoms with Crippen LogP contribution in [0.25, 0.3) is 0 Å². The largest absolute Gasteiger partial charge is 0.504 e. The van der Waals surface area contributed by atoms with Gasteiger partial charge in [-0.1, -0.05) is 6.07 Å². The maximum absolute atomic E-state index is 13.0. The summed E-state index contributed by atoms with van der Waals surface area (Å²) in [6.45, 7) is 7.94. The lowest BCUT2D eigenvalue weighted by Crippen LogP contribution is -2.78. The second-order valence-electron chi connectivity index (χ2n) is 11.6. The molecule has 8 heteroatoms. The number of carbonyl (C=O) groups excluding carboxylic acids is 1. The molecule has 2 aliphatic carbocycles. The Labute approximate surface area is 201 Å². The fourth-order valence-corrected chi connectivity index (χ4v) is 7.31. The Morgan fingerprint density at radius 3 is 2.71 bits per heavy atom. The number of esters is 1. The standard InChI is InChI=1S/C26H38N2O6/c1-14(29)20(23(31)34-24(2,3)4)27-16-9-10-26(32-6)18-13-15-7-8-17(30)21-19(15)25(26,22(16)33-21)11-12-28(18)5/h7-8,14,16,18,20,22,27,29-30H,9-13H2,1-6H3/t14-,16+,18-,20+,22+,25+,26-/m1/s1. The number of nitrogens with one attached hydrogen (secondary N) is 1. The van der Waals surface area contributed by atoms with E-state index in [9.17, 15) is 15.0 Å². The number of carbonyl (C=O) groups is 1. The number of nitrogens with zero attached hydrogens (tertiary/aromatic N) is 1. The van der Waals surface area contributed by atoms with E-state index in [1.807, 2.05) is 26.8 Å². The Morgan fingerprint density at radius 1 is 1.32 bits per heavy atom. The van der Waals surface area contributed by atoms with Crippen LogP contribution >= 0.6 is 0 Å². The quantitative estimate of drug-likeness (QED) is 0.557. The van der Waals surface area contributed by atoms with E-state index in [1.54, 1.807) is 20.1 Å². The Hall–Kier alpha value is -1.87. The number of phenols is 1. The minimum absolute atomic E-state index is 0.142. The van der Waals surface area contributed by atoms with Crippen LogP contribution in [-0.4, -0.2) is 83.3 Å². The fraction of sp³-hybridized carbons (Fsp3) is 0.731. The lowest BCUT2D eigenvalue weighted by molar-refractivity contribution is -0.204. The number of hydrogen-bond donors (Lipinski definition) is 3. The number of methoxy groups -OCH3 is 1. The van der Waals surface area contributed by atoms with Gasteiger partial charge in [-0.05, 0) is 78.6 Å². The number of aliphatic hydroxyl groups excluding tert-OH is 1. The molecule has 2 aliphatic heterocycles. The third kappa shape index (κ3) is 3.15. The maximum atomic E-state index is 13.0. The highest BCUT2D eigenvalue weighted by Gasteiger charge is 2.73. The van der Waals surface area contributed by atoms with Gasteiger partial charge in [0, 0.05) is 24.8 Å². The van der Waals surface area contributed by atoms with Gasteiger partial charge in [0.1, 0.15) is 17.7 Å². The lowest BCUT2D eigenvalue weighted by atomic mass is 9.48. The minimum atomic E-state index is -0.939. The van der Waals surface area contributed by atoms with Crippen LogP contribution in [0.1, 0.15) is 58.1 Å². The molecule has 1 saturated carbocycles. The number of piperidine rings is 1. The summed E-state index contributed by atoms with van der Waals surface area (Å²) in [5.74, 6) is 0.210. The fourth-order valence-electron chi connectivity index (χ4n) is 7.31. The van der Waals surface area contributed by atoms with Crippen molar-refractivity contribution in [3.8, 4) is 11.5 Å². The minimum Gasteiger partial charge on any atom is -0.504 e. The maximum Gasteiger partial charge on any atom is 0.326 e. The molecule has 4 aliphatic rings. The van der Waals surface area contributed by atoms with Crippen LogP contribution < -0.4 is 10.1 Å². The molecule has 0 amide bonds. The van der Waals surface area contributed by atoms with Crippen molar-refractivity contribution in [3.05, 3.63) is 23.3 Å². The highest BCUT2D eigenvalue weighted by molar-refractivity contribution is 5.77. The molecule has 8 nitrogen and oxygen atoms in total. The number of phenolic OH excluding ortho intramolecular Hbond substituents is 1. The summed E-state index contributed by atoms with van der Waals surface area (Å²) in [5, 5.41) is 24.7. The molecular formula is C26H38N2O6. The summed E-state index contributed by atoms with van der Waals surface area (Å²) in [6.07, 6.45) is 1.88. The molecule has 3 N–H and O–H groups in total. The van der Waals surface area contributed by atoms with Gasteiger partial charge in [0.15, 0.2) is 11.5 Å². The molecule has 0 aromatic heterocycles. The number of ether oxygens (including phenoxy) is 3. The number of likely N-dealkylation sites (tertiary alicyclic amines) is 1. The average molecular weight is 475 g/mol. The van der Waals surface area contributed by atoms with Gasteiger partial charge in [-0.15, -0.1) is 0 Å². The zero-order valence-corrected chi connectivity index (χ0v) is 21.1. The molecule has 188 valence electrons. The van der Waals surface area contributed by atoms with Crippen LogP contribution in [0.2, 0.25) is 0 Å². The smallest absolute Gasteiger partial charge is 0.326 e. The molecule has 0 radical (unpaired) electrons. The Morgan fingerprint density at radius 2 is 2.06 bits per heavy atom. The zero-order chi connectivity index (χ0) is 24.6. The molecule has 1 saturated heterocycles. The van der Waals surface area contributed by atoms with Gasteiger partial charge in [-0.3, -0.25) is 10.1 Å². The lowest BCUT2D eigenvalue weighted by Gasteiger charge is -2.65.